The van der Waals surface area contributed by atoms with Gasteiger partial charge in [-0.25, -0.2) is 4.79 Å². The fourth-order valence-corrected chi connectivity index (χ4v) is 9.30. The number of likely N-dealkylation sites (tertiary alicyclic amines) is 1. The van der Waals surface area contributed by atoms with E-state index in [4.69, 9.17) is 0 Å². The Kier molecular flexibility index (Phi) is 4.29. The second kappa shape index (κ2) is 6.72. The van der Waals surface area contributed by atoms with Gasteiger partial charge in [0.05, 0.1) is 11.0 Å². The van der Waals surface area contributed by atoms with Crippen molar-refractivity contribution in [3.8, 4) is 0 Å². The van der Waals surface area contributed by atoms with Crippen LogP contribution in [0.1, 0.15) is 63.8 Å². The Morgan fingerprint density at radius 1 is 1.10 bits per heavy atom. The van der Waals surface area contributed by atoms with E-state index in [1.807, 2.05) is 28.8 Å². The van der Waals surface area contributed by atoms with Gasteiger partial charge < -0.3 is 9.88 Å². The van der Waals surface area contributed by atoms with E-state index in [-0.39, 0.29) is 17.1 Å². The van der Waals surface area contributed by atoms with Crippen molar-refractivity contribution in [1.82, 2.24) is 14.5 Å². The summed E-state index contributed by atoms with van der Waals surface area (Å²) < 4.78 is 2.21. The van der Waals surface area contributed by atoms with Gasteiger partial charge in [0.25, 0.3) is 0 Å². The lowest BCUT2D eigenvalue weighted by molar-refractivity contribution is -0.139. The highest BCUT2D eigenvalue weighted by atomic mass is 79.9. The number of hydrogen-bond donors (Lipinski definition) is 1. The standard InChI is InChI=1S/C24H30BrN3O2/c25-24-12-16-9-17(13-24)11-23(10-16,15-24)14-21(29)27-7-5-18(6-8-27)28-20-4-2-1-3-19(20)26-22(28)30/h1-4,16-18H,5-15H2,(H,26,30). The second-order valence-corrected chi connectivity index (χ2v) is 12.4. The van der Waals surface area contributed by atoms with Gasteiger partial charge in [-0.05, 0) is 80.8 Å². The Bertz CT molecular complexity index is 1030. The van der Waals surface area contributed by atoms with Crippen molar-refractivity contribution in [2.75, 3.05) is 13.1 Å². The first kappa shape index (κ1) is 19.1. The zero-order valence-electron chi connectivity index (χ0n) is 17.4. The Hall–Kier alpha value is -1.56. The molecule has 2 unspecified atom stereocenters. The minimum Gasteiger partial charge on any atom is -0.343 e. The lowest BCUT2D eigenvalue weighted by Crippen LogP contribution is -2.54. The van der Waals surface area contributed by atoms with Crippen LogP contribution in [0.3, 0.4) is 0 Å². The number of piperidine rings is 1. The van der Waals surface area contributed by atoms with Crippen molar-refractivity contribution >= 4 is 32.9 Å². The summed E-state index contributed by atoms with van der Waals surface area (Å²) >= 11 is 4.07. The zero-order chi connectivity index (χ0) is 20.5. The first-order valence-corrected chi connectivity index (χ1v) is 12.4. The van der Waals surface area contributed by atoms with Gasteiger partial charge in [-0.2, -0.15) is 0 Å². The number of fused-ring (bicyclic) bond motifs is 1. The molecule has 4 aliphatic carbocycles. The molecule has 1 aromatic carbocycles. The summed E-state index contributed by atoms with van der Waals surface area (Å²) in [6.45, 7) is 1.52. The largest absolute Gasteiger partial charge is 0.343 e. The molecule has 2 heterocycles. The number of rotatable bonds is 3. The van der Waals surface area contributed by atoms with Crippen molar-refractivity contribution in [3.63, 3.8) is 0 Å². The number of carbonyl (C=O) groups is 1. The third-order valence-electron chi connectivity index (χ3n) is 8.44. The molecule has 4 bridgehead atoms. The predicted molar refractivity (Wildman–Crippen MR) is 121 cm³/mol. The number of halogens is 1. The van der Waals surface area contributed by atoms with E-state index in [2.05, 4.69) is 25.8 Å². The lowest BCUT2D eigenvalue weighted by Gasteiger charge is -2.60. The van der Waals surface area contributed by atoms with E-state index in [0.717, 1.165) is 55.2 Å². The number of nitrogens with zero attached hydrogens (tertiary/aromatic N) is 2. The first-order valence-electron chi connectivity index (χ1n) is 11.6. The average Bonchev–Trinajstić information content (AvgIpc) is 3.01. The number of H-pyrrole nitrogens is 1. The number of aromatic nitrogens is 2. The van der Waals surface area contributed by atoms with Crippen LogP contribution >= 0.6 is 15.9 Å². The van der Waals surface area contributed by atoms with E-state index in [1.54, 1.807) is 0 Å². The number of aromatic amines is 1. The van der Waals surface area contributed by atoms with Gasteiger partial charge in [-0.3, -0.25) is 9.36 Å². The average molecular weight is 472 g/mol. The molecule has 5 aliphatic rings. The van der Waals surface area contributed by atoms with Gasteiger partial charge in [0, 0.05) is 29.9 Å². The van der Waals surface area contributed by atoms with Crippen LogP contribution in [0.5, 0.6) is 0 Å². The number of nitrogens with one attached hydrogen (secondary N) is 1. The molecule has 2 atom stereocenters. The van der Waals surface area contributed by atoms with Gasteiger partial charge in [0.15, 0.2) is 0 Å². The van der Waals surface area contributed by atoms with Crippen molar-refractivity contribution in [3.05, 3.63) is 34.7 Å². The van der Waals surface area contributed by atoms with Crippen molar-refractivity contribution in [2.45, 2.75) is 68.2 Å². The Morgan fingerprint density at radius 2 is 1.80 bits per heavy atom. The van der Waals surface area contributed by atoms with E-state index < -0.39 is 0 Å². The smallest absolute Gasteiger partial charge is 0.326 e. The monoisotopic (exact) mass is 471 g/mol. The van der Waals surface area contributed by atoms with Crippen LogP contribution < -0.4 is 5.69 Å². The summed E-state index contributed by atoms with van der Waals surface area (Å²) in [4.78, 5) is 30.9. The Labute approximate surface area is 185 Å². The molecule has 1 amide bonds. The summed E-state index contributed by atoms with van der Waals surface area (Å²) in [6, 6.07) is 8.06. The fraction of sp³-hybridized carbons (Fsp3) is 0.667. The molecule has 0 radical (unpaired) electrons. The minimum absolute atomic E-state index is 0.0304. The summed E-state index contributed by atoms with van der Waals surface area (Å²) in [6.07, 6.45) is 10.1. The molecule has 1 aliphatic heterocycles. The molecule has 7 rings (SSSR count). The highest BCUT2D eigenvalue weighted by Gasteiger charge is 2.57. The summed E-state index contributed by atoms with van der Waals surface area (Å²) in [5.41, 5.74) is 2.07. The molecule has 2 aromatic rings. The number of benzene rings is 1. The minimum atomic E-state index is -0.0304. The van der Waals surface area contributed by atoms with Gasteiger partial charge >= 0.3 is 5.69 Å². The maximum atomic E-state index is 13.3. The summed E-state index contributed by atoms with van der Waals surface area (Å²) in [5.74, 6) is 1.98. The summed E-state index contributed by atoms with van der Waals surface area (Å²) in [5, 5.41) is 0. The number of amides is 1. The van der Waals surface area contributed by atoms with E-state index in [9.17, 15) is 9.59 Å². The van der Waals surface area contributed by atoms with Gasteiger partial charge in [-0.1, -0.05) is 28.1 Å². The Balaban J connectivity index is 1.14. The molecule has 1 N–H and O–H groups in total. The molecule has 1 saturated heterocycles. The van der Waals surface area contributed by atoms with Crippen LogP contribution in [-0.4, -0.2) is 37.8 Å². The lowest BCUT2D eigenvalue weighted by atomic mass is 9.48. The third-order valence-corrected chi connectivity index (χ3v) is 9.37. The van der Waals surface area contributed by atoms with Gasteiger partial charge in [-0.15, -0.1) is 0 Å². The van der Waals surface area contributed by atoms with Crippen molar-refractivity contribution < 1.29 is 4.79 Å². The van der Waals surface area contributed by atoms with Crippen LogP contribution in [-0.2, 0) is 4.79 Å². The number of carbonyl (C=O) groups excluding carboxylic acids is 1. The third kappa shape index (κ3) is 3.09. The van der Waals surface area contributed by atoms with Crippen LogP contribution in [0.4, 0.5) is 0 Å². The second-order valence-electron chi connectivity index (χ2n) is 10.7. The highest BCUT2D eigenvalue weighted by molar-refractivity contribution is 9.10. The molecular weight excluding hydrogens is 442 g/mol. The van der Waals surface area contributed by atoms with Crippen LogP contribution in [0.15, 0.2) is 29.1 Å². The van der Waals surface area contributed by atoms with E-state index in [1.165, 1.54) is 38.5 Å². The highest BCUT2D eigenvalue weighted by Crippen LogP contribution is 2.65. The molecule has 5 nitrogen and oxygen atoms in total. The van der Waals surface area contributed by atoms with Gasteiger partial charge in [0.1, 0.15) is 0 Å². The number of para-hydroxylation sites is 2. The zero-order valence-corrected chi connectivity index (χ0v) is 19.0. The molecule has 0 spiro atoms. The molecule has 160 valence electrons. The predicted octanol–water partition coefficient (Wildman–Crippen LogP) is 4.62. The normalized spacial score (nSPS) is 36.0. The first-order chi connectivity index (χ1) is 14.4. The molecule has 4 saturated carbocycles. The van der Waals surface area contributed by atoms with Crippen molar-refractivity contribution in [2.24, 2.45) is 17.3 Å². The number of imidazole rings is 1. The maximum absolute atomic E-state index is 13.3. The van der Waals surface area contributed by atoms with Crippen molar-refractivity contribution in [1.29, 1.82) is 0 Å². The summed E-state index contributed by atoms with van der Waals surface area (Å²) in [7, 11) is 0. The molecule has 30 heavy (non-hydrogen) atoms. The maximum Gasteiger partial charge on any atom is 0.326 e. The van der Waals surface area contributed by atoms with Crippen LogP contribution in [0, 0.1) is 17.3 Å². The topological polar surface area (TPSA) is 58.1 Å². The van der Waals surface area contributed by atoms with E-state index >= 15 is 0 Å². The number of alkyl halides is 1. The number of hydrogen-bond acceptors (Lipinski definition) is 2. The Morgan fingerprint density at radius 3 is 2.50 bits per heavy atom. The van der Waals surface area contributed by atoms with Gasteiger partial charge in [0.2, 0.25) is 5.91 Å². The fourth-order valence-electron chi connectivity index (χ4n) is 7.79. The van der Waals surface area contributed by atoms with E-state index in [0.29, 0.717) is 10.2 Å². The quantitative estimate of drug-likeness (QED) is 0.663. The van der Waals surface area contributed by atoms with Crippen LogP contribution in [0.2, 0.25) is 0 Å². The SMILES string of the molecule is O=C(CC12CC3CC(CC(Br)(C3)C1)C2)N1CCC(n2c(=O)[nH]c3ccccc32)CC1. The molecule has 1 aromatic heterocycles. The molecule has 5 fully saturated rings. The molecular formula is C24H30BrN3O2. The van der Waals surface area contributed by atoms with Crippen LogP contribution in [0.25, 0.3) is 11.0 Å². The molecule has 6 heteroatoms.